The molecule has 1 aromatic carbocycles. The molecular formula is C23H27NO. The number of aryl methyl sites for hydroxylation is 1. The summed E-state index contributed by atoms with van der Waals surface area (Å²) >= 11 is 0. The van der Waals surface area contributed by atoms with E-state index in [9.17, 15) is 4.79 Å². The monoisotopic (exact) mass is 333 g/mol. The van der Waals surface area contributed by atoms with E-state index in [1.807, 2.05) is 42.5 Å². The second kappa shape index (κ2) is 9.63. The van der Waals surface area contributed by atoms with Crippen molar-refractivity contribution in [2.45, 2.75) is 38.5 Å². The van der Waals surface area contributed by atoms with Crippen LogP contribution in [-0.2, 0) is 12.8 Å². The van der Waals surface area contributed by atoms with E-state index in [0.717, 1.165) is 36.8 Å². The minimum atomic E-state index is -0.367. The first-order valence-corrected chi connectivity index (χ1v) is 8.88. The number of fused-ring (bicyclic) bond motifs is 1. The van der Waals surface area contributed by atoms with Crippen LogP contribution in [0.4, 0.5) is 0 Å². The van der Waals surface area contributed by atoms with Gasteiger partial charge in [-0.25, -0.2) is 0 Å². The highest BCUT2D eigenvalue weighted by Crippen LogP contribution is 2.33. The summed E-state index contributed by atoms with van der Waals surface area (Å²) in [6.45, 7) is 7.57. The maximum absolute atomic E-state index is 12.0. The van der Waals surface area contributed by atoms with E-state index in [-0.39, 0.29) is 5.91 Å². The van der Waals surface area contributed by atoms with Crippen molar-refractivity contribution in [2.24, 2.45) is 5.73 Å². The van der Waals surface area contributed by atoms with E-state index in [1.54, 1.807) is 0 Å². The van der Waals surface area contributed by atoms with Crippen molar-refractivity contribution in [1.82, 2.24) is 0 Å². The summed E-state index contributed by atoms with van der Waals surface area (Å²) in [5.74, 6) is -0.367. The number of nitrogens with two attached hydrogens (primary N) is 1. The van der Waals surface area contributed by atoms with E-state index in [2.05, 4.69) is 25.3 Å². The molecule has 2 N–H and O–H groups in total. The van der Waals surface area contributed by atoms with Gasteiger partial charge in [-0.15, -0.1) is 13.2 Å². The molecule has 25 heavy (non-hydrogen) atoms. The fourth-order valence-electron chi connectivity index (χ4n) is 3.30. The molecule has 0 aromatic heterocycles. The zero-order valence-electron chi connectivity index (χ0n) is 14.8. The maximum Gasteiger partial charge on any atom is 0.249 e. The van der Waals surface area contributed by atoms with Gasteiger partial charge in [-0.3, -0.25) is 4.79 Å². The van der Waals surface area contributed by atoms with Gasteiger partial charge in [0, 0.05) is 5.56 Å². The Morgan fingerprint density at radius 2 is 1.88 bits per heavy atom. The Bertz CT molecular complexity index is 735. The molecule has 0 radical (unpaired) electrons. The molecule has 1 aliphatic rings. The summed E-state index contributed by atoms with van der Waals surface area (Å²) in [5, 5.41) is 0. The lowest BCUT2D eigenvalue weighted by Gasteiger charge is -2.22. The van der Waals surface area contributed by atoms with Crippen LogP contribution >= 0.6 is 0 Å². The highest BCUT2D eigenvalue weighted by molar-refractivity contribution is 5.99. The lowest BCUT2D eigenvalue weighted by atomic mass is 9.82. The van der Waals surface area contributed by atoms with Gasteiger partial charge in [-0.1, -0.05) is 48.6 Å². The quantitative estimate of drug-likeness (QED) is 0.508. The Balaban J connectivity index is 2.47. The summed E-state index contributed by atoms with van der Waals surface area (Å²) < 4.78 is 0. The van der Waals surface area contributed by atoms with Gasteiger partial charge in [-0.05, 0) is 66.9 Å². The maximum atomic E-state index is 12.0. The third-order valence-electron chi connectivity index (χ3n) is 4.44. The molecule has 2 rings (SSSR count). The van der Waals surface area contributed by atoms with Crippen LogP contribution in [0.25, 0.3) is 5.57 Å². The van der Waals surface area contributed by atoms with Crippen molar-refractivity contribution < 1.29 is 4.79 Å². The minimum Gasteiger partial charge on any atom is -0.366 e. The second-order valence-corrected chi connectivity index (χ2v) is 6.22. The van der Waals surface area contributed by atoms with Gasteiger partial charge in [0.25, 0.3) is 0 Å². The molecule has 0 atom stereocenters. The minimum absolute atomic E-state index is 0.367. The van der Waals surface area contributed by atoms with Crippen molar-refractivity contribution in [3.05, 3.63) is 90.1 Å². The number of amides is 1. The summed E-state index contributed by atoms with van der Waals surface area (Å²) in [6.07, 6.45) is 19.8. The SMILES string of the molecule is C=CC/C=C/C=C/C=C(/CC=C)c1c(C(N)=O)ccc2c1CCCC2. The van der Waals surface area contributed by atoms with Crippen molar-refractivity contribution in [3.63, 3.8) is 0 Å². The van der Waals surface area contributed by atoms with Crippen LogP contribution in [0.3, 0.4) is 0 Å². The van der Waals surface area contributed by atoms with E-state index >= 15 is 0 Å². The molecule has 0 fully saturated rings. The third-order valence-corrected chi connectivity index (χ3v) is 4.44. The average Bonchev–Trinajstić information content (AvgIpc) is 2.62. The second-order valence-electron chi connectivity index (χ2n) is 6.22. The standard InChI is InChI=1S/C23H27NO/c1-3-5-6-7-8-9-14-19(12-4-2)22-20-15-11-10-13-18(20)16-17-21(22)23(24)25/h3-4,6-9,14,16-17H,1-2,5,10-13,15H2,(H2,24,25)/b7-6+,9-8+,19-14-. The number of primary amides is 1. The Hall–Kier alpha value is -2.61. The first-order chi connectivity index (χ1) is 12.2. The molecule has 0 saturated carbocycles. The van der Waals surface area contributed by atoms with E-state index < -0.39 is 0 Å². The number of allylic oxidation sites excluding steroid dienone is 8. The predicted octanol–water partition coefficient (Wildman–Crippen LogP) is 5.31. The first-order valence-electron chi connectivity index (χ1n) is 8.88. The molecule has 1 aliphatic carbocycles. The Morgan fingerprint density at radius 1 is 1.08 bits per heavy atom. The zero-order valence-corrected chi connectivity index (χ0v) is 14.8. The predicted molar refractivity (Wildman–Crippen MR) is 107 cm³/mol. The van der Waals surface area contributed by atoms with Crippen LogP contribution in [-0.4, -0.2) is 5.91 Å². The van der Waals surface area contributed by atoms with E-state index in [0.29, 0.717) is 12.0 Å². The highest BCUT2D eigenvalue weighted by Gasteiger charge is 2.20. The van der Waals surface area contributed by atoms with Crippen LogP contribution in [0.1, 0.15) is 52.7 Å². The molecule has 2 nitrogen and oxygen atoms in total. The summed E-state index contributed by atoms with van der Waals surface area (Å²) in [5.41, 5.74) is 11.0. The number of carbonyl (C=O) groups excluding carboxylic acids is 1. The summed E-state index contributed by atoms with van der Waals surface area (Å²) in [7, 11) is 0. The van der Waals surface area contributed by atoms with Gasteiger partial charge in [0.2, 0.25) is 5.91 Å². The van der Waals surface area contributed by atoms with Crippen LogP contribution in [0.15, 0.2) is 67.8 Å². The Labute approximate surface area is 151 Å². The van der Waals surface area contributed by atoms with Gasteiger partial charge in [0.1, 0.15) is 0 Å². The molecule has 0 spiro atoms. The van der Waals surface area contributed by atoms with Crippen LogP contribution in [0.2, 0.25) is 0 Å². The molecule has 0 bridgehead atoms. The van der Waals surface area contributed by atoms with Crippen LogP contribution in [0, 0.1) is 0 Å². The molecule has 0 unspecified atom stereocenters. The lowest BCUT2D eigenvalue weighted by molar-refractivity contribution is 0.1000. The first kappa shape index (κ1) is 18.7. The molecule has 130 valence electrons. The average molecular weight is 333 g/mol. The number of benzene rings is 1. The highest BCUT2D eigenvalue weighted by atomic mass is 16.1. The lowest BCUT2D eigenvalue weighted by Crippen LogP contribution is -2.17. The molecule has 0 saturated heterocycles. The Kier molecular flexibility index (Phi) is 7.21. The molecular weight excluding hydrogens is 306 g/mol. The molecule has 1 amide bonds. The van der Waals surface area contributed by atoms with Crippen LogP contribution < -0.4 is 5.73 Å². The number of hydrogen-bond donors (Lipinski definition) is 1. The van der Waals surface area contributed by atoms with Gasteiger partial charge in [-0.2, -0.15) is 0 Å². The van der Waals surface area contributed by atoms with Gasteiger partial charge in [0.15, 0.2) is 0 Å². The molecule has 0 aliphatic heterocycles. The van der Waals surface area contributed by atoms with Gasteiger partial charge < -0.3 is 5.73 Å². The van der Waals surface area contributed by atoms with Crippen LogP contribution in [0.5, 0.6) is 0 Å². The van der Waals surface area contributed by atoms with Crippen molar-refractivity contribution in [2.75, 3.05) is 0 Å². The Morgan fingerprint density at radius 3 is 2.60 bits per heavy atom. The van der Waals surface area contributed by atoms with Crippen molar-refractivity contribution in [1.29, 1.82) is 0 Å². The van der Waals surface area contributed by atoms with Crippen molar-refractivity contribution >= 4 is 11.5 Å². The number of rotatable bonds is 8. The van der Waals surface area contributed by atoms with E-state index in [4.69, 9.17) is 5.73 Å². The number of carbonyl (C=O) groups is 1. The number of hydrogen-bond acceptors (Lipinski definition) is 1. The van der Waals surface area contributed by atoms with Gasteiger partial charge in [0.05, 0.1) is 0 Å². The third kappa shape index (κ3) is 4.93. The molecule has 0 heterocycles. The molecule has 1 aromatic rings. The zero-order chi connectivity index (χ0) is 18.1. The topological polar surface area (TPSA) is 43.1 Å². The summed E-state index contributed by atoms with van der Waals surface area (Å²) in [6, 6.07) is 3.95. The summed E-state index contributed by atoms with van der Waals surface area (Å²) in [4.78, 5) is 12.0. The largest absolute Gasteiger partial charge is 0.366 e. The van der Waals surface area contributed by atoms with Crippen molar-refractivity contribution in [3.8, 4) is 0 Å². The fourth-order valence-corrected chi connectivity index (χ4v) is 3.30. The van der Waals surface area contributed by atoms with E-state index in [1.165, 1.54) is 17.5 Å². The fraction of sp³-hybridized carbons (Fsp3) is 0.261. The molecule has 2 heteroatoms. The van der Waals surface area contributed by atoms with Gasteiger partial charge >= 0.3 is 0 Å². The smallest absolute Gasteiger partial charge is 0.249 e. The normalized spacial score (nSPS) is 14.6.